The molecular formula is C12H20F3N3. The Morgan fingerprint density at radius 3 is 2.72 bits per heavy atom. The molecule has 0 spiro atoms. The summed E-state index contributed by atoms with van der Waals surface area (Å²) < 4.78 is 38.3. The maximum Gasteiger partial charge on any atom is 0.419 e. The van der Waals surface area contributed by atoms with E-state index in [0.717, 1.165) is 38.2 Å². The number of nitrogens with zero attached hydrogens (tertiary/aromatic N) is 2. The van der Waals surface area contributed by atoms with Crippen LogP contribution >= 0.6 is 0 Å². The van der Waals surface area contributed by atoms with Gasteiger partial charge in [0.25, 0.3) is 0 Å². The molecule has 104 valence electrons. The molecule has 1 aromatic rings. The van der Waals surface area contributed by atoms with E-state index in [1.807, 2.05) is 0 Å². The lowest BCUT2D eigenvalue weighted by Gasteiger charge is -2.12. The van der Waals surface area contributed by atoms with Gasteiger partial charge < -0.3 is 5.32 Å². The van der Waals surface area contributed by atoms with Crippen molar-refractivity contribution in [3.8, 4) is 0 Å². The summed E-state index contributed by atoms with van der Waals surface area (Å²) in [6.45, 7) is 5.68. The normalized spacial score (nSPS) is 13.8. The first kappa shape index (κ1) is 15.0. The number of aryl methyl sites for hydroxylation is 1. The average Bonchev–Trinajstić information content (AvgIpc) is 2.74. The number of hydrogen-bond donors (Lipinski definition) is 1. The zero-order chi connectivity index (χ0) is 13.6. The molecule has 0 aromatic carbocycles. The van der Waals surface area contributed by atoms with Crippen molar-refractivity contribution in [2.24, 2.45) is 0 Å². The second-order valence-corrected chi connectivity index (χ2v) is 4.49. The third-order valence-electron chi connectivity index (χ3n) is 2.73. The van der Waals surface area contributed by atoms with Gasteiger partial charge in [-0.1, -0.05) is 6.92 Å². The van der Waals surface area contributed by atoms with Gasteiger partial charge in [-0.05, 0) is 32.7 Å². The molecule has 1 atom stereocenters. The van der Waals surface area contributed by atoms with E-state index in [1.54, 1.807) is 0 Å². The van der Waals surface area contributed by atoms with Crippen molar-refractivity contribution in [1.82, 2.24) is 15.1 Å². The molecular weight excluding hydrogens is 243 g/mol. The maximum atomic E-state index is 12.3. The molecule has 0 amide bonds. The Labute approximate surface area is 105 Å². The van der Waals surface area contributed by atoms with E-state index in [9.17, 15) is 13.2 Å². The van der Waals surface area contributed by atoms with Gasteiger partial charge in [0.1, 0.15) is 0 Å². The highest BCUT2D eigenvalue weighted by molar-refractivity contribution is 5.08. The minimum Gasteiger partial charge on any atom is -0.314 e. The van der Waals surface area contributed by atoms with Gasteiger partial charge in [0.15, 0.2) is 0 Å². The first-order chi connectivity index (χ1) is 8.43. The fraction of sp³-hybridized carbons (Fsp3) is 0.750. The fourth-order valence-corrected chi connectivity index (χ4v) is 1.68. The van der Waals surface area contributed by atoms with Crippen LogP contribution in [0.3, 0.4) is 0 Å². The number of halogens is 3. The van der Waals surface area contributed by atoms with Gasteiger partial charge in [0.05, 0.1) is 11.8 Å². The number of rotatable bonds is 7. The molecule has 1 heterocycles. The van der Waals surface area contributed by atoms with Gasteiger partial charge in [-0.3, -0.25) is 4.68 Å². The molecule has 0 fully saturated rings. The van der Waals surface area contributed by atoms with Gasteiger partial charge in [-0.25, -0.2) is 0 Å². The highest BCUT2D eigenvalue weighted by atomic mass is 19.4. The highest BCUT2D eigenvalue weighted by Gasteiger charge is 2.32. The molecule has 0 aliphatic carbocycles. The van der Waals surface area contributed by atoms with Crippen LogP contribution in [0, 0.1) is 0 Å². The van der Waals surface area contributed by atoms with Crippen LogP contribution < -0.4 is 5.32 Å². The molecule has 0 aliphatic rings. The standard InChI is InChI=1S/C12H20F3N3/c1-3-6-16-10(2)5-4-7-18-9-11(8-17-18)12(13,14)15/h8-10,16H,3-7H2,1-2H3. The van der Waals surface area contributed by atoms with E-state index in [-0.39, 0.29) is 0 Å². The van der Waals surface area contributed by atoms with Crippen LogP contribution in [0.5, 0.6) is 0 Å². The van der Waals surface area contributed by atoms with Crippen molar-refractivity contribution in [2.45, 2.75) is 51.9 Å². The van der Waals surface area contributed by atoms with Crippen LogP contribution in [-0.2, 0) is 12.7 Å². The van der Waals surface area contributed by atoms with Crippen LogP contribution in [0.1, 0.15) is 38.7 Å². The molecule has 0 bridgehead atoms. The Kier molecular flexibility index (Phi) is 5.65. The van der Waals surface area contributed by atoms with Crippen LogP contribution in [-0.4, -0.2) is 22.4 Å². The predicted molar refractivity (Wildman–Crippen MR) is 64.2 cm³/mol. The topological polar surface area (TPSA) is 29.9 Å². The number of hydrogen-bond acceptors (Lipinski definition) is 2. The summed E-state index contributed by atoms with van der Waals surface area (Å²) in [5.41, 5.74) is -0.681. The Bertz CT molecular complexity index is 347. The van der Waals surface area contributed by atoms with Crippen molar-refractivity contribution in [3.63, 3.8) is 0 Å². The summed E-state index contributed by atoms with van der Waals surface area (Å²) in [4.78, 5) is 0. The van der Waals surface area contributed by atoms with E-state index in [1.165, 1.54) is 4.68 Å². The van der Waals surface area contributed by atoms with Gasteiger partial charge >= 0.3 is 6.18 Å². The third kappa shape index (κ3) is 5.08. The van der Waals surface area contributed by atoms with Gasteiger partial charge in [0, 0.05) is 18.8 Å². The lowest BCUT2D eigenvalue weighted by Crippen LogP contribution is -2.26. The molecule has 1 unspecified atom stereocenters. The van der Waals surface area contributed by atoms with E-state index >= 15 is 0 Å². The van der Waals surface area contributed by atoms with Crippen LogP contribution in [0.25, 0.3) is 0 Å². The average molecular weight is 263 g/mol. The zero-order valence-electron chi connectivity index (χ0n) is 10.8. The highest BCUT2D eigenvalue weighted by Crippen LogP contribution is 2.28. The van der Waals surface area contributed by atoms with E-state index in [2.05, 4.69) is 24.3 Å². The van der Waals surface area contributed by atoms with Gasteiger partial charge in [0.2, 0.25) is 0 Å². The lowest BCUT2D eigenvalue weighted by atomic mass is 10.2. The van der Waals surface area contributed by atoms with Crippen LogP contribution in [0.15, 0.2) is 12.4 Å². The second kappa shape index (κ2) is 6.78. The maximum absolute atomic E-state index is 12.3. The molecule has 1 rings (SSSR count). The summed E-state index contributed by atoms with van der Waals surface area (Å²) in [6.07, 6.45) is 0.466. The van der Waals surface area contributed by atoms with E-state index < -0.39 is 11.7 Å². The van der Waals surface area contributed by atoms with Crippen molar-refractivity contribution >= 4 is 0 Å². The summed E-state index contributed by atoms with van der Waals surface area (Å²) in [5.74, 6) is 0. The van der Waals surface area contributed by atoms with E-state index in [4.69, 9.17) is 0 Å². The van der Waals surface area contributed by atoms with Crippen molar-refractivity contribution < 1.29 is 13.2 Å². The Morgan fingerprint density at radius 1 is 1.44 bits per heavy atom. The SMILES string of the molecule is CCCNC(C)CCCn1cc(C(F)(F)F)cn1. The molecule has 1 N–H and O–H groups in total. The number of nitrogens with one attached hydrogen (secondary N) is 1. The molecule has 0 radical (unpaired) electrons. The second-order valence-electron chi connectivity index (χ2n) is 4.49. The molecule has 0 saturated carbocycles. The van der Waals surface area contributed by atoms with E-state index in [0.29, 0.717) is 12.6 Å². The largest absolute Gasteiger partial charge is 0.419 e. The monoisotopic (exact) mass is 263 g/mol. The molecule has 0 aliphatic heterocycles. The Balaban J connectivity index is 2.29. The summed E-state index contributed by atoms with van der Waals surface area (Å²) in [5, 5.41) is 7.06. The predicted octanol–water partition coefficient (Wildman–Crippen LogP) is 3.07. The lowest BCUT2D eigenvalue weighted by molar-refractivity contribution is -0.137. The van der Waals surface area contributed by atoms with Crippen LogP contribution in [0.4, 0.5) is 13.2 Å². The molecule has 1 aromatic heterocycles. The third-order valence-corrected chi connectivity index (χ3v) is 2.73. The molecule has 0 saturated heterocycles. The Morgan fingerprint density at radius 2 is 2.17 bits per heavy atom. The van der Waals surface area contributed by atoms with Crippen molar-refractivity contribution in [2.75, 3.05) is 6.54 Å². The fourth-order valence-electron chi connectivity index (χ4n) is 1.68. The first-order valence-corrected chi connectivity index (χ1v) is 6.26. The first-order valence-electron chi connectivity index (χ1n) is 6.26. The number of alkyl halides is 3. The van der Waals surface area contributed by atoms with Crippen molar-refractivity contribution in [3.05, 3.63) is 18.0 Å². The quantitative estimate of drug-likeness (QED) is 0.819. The molecule has 3 nitrogen and oxygen atoms in total. The minimum atomic E-state index is -4.30. The smallest absolute Gasteiger partial charge is 0.314 e. The summed E-state index contributed by atoms with van der Waals surface area (Å²) in [7, 11) is 0. The molecule has 6 heteroatoms. The van der Waals surface area contributed by atoms with Gasteiger partial charge in [-0.15, -0.1) is 0 Å². The Hall–Kier alpha value is -1.04. The molecule has 18 heavy (non-hydrogen) atoms. The summed E-state index contributed by atoms with van der Waals surface area (Å²) in [6, 6.07) is 0.391. The zero-order valence-corrected chi connectivity index (χ0v) is 10.8. The minimum absolute atomic E-state index is 0.391. The summed E-state index contributed by atoms with van der Waals surface area (Å²) >= 11 is 0. The van der Waals surface area contributed by atoms with Gasteiger partial charge in [-0.2, -0.15) is 18.3 Å². The van der Waals surface area contributed by atoms with Crippen molar-refractivity contribution in [1.29, 1.82) is 0 Å². The number of aromatic nitrogens is 2. The van der Waals surface area contributed by atoms with Crippen LogP contribution in [0.2, 0.25) is 0 Å².